The molecular formula is C36H40FN9O5. The Labute approximate surface area is 293 Å². The van der Waals surface area contributed by atoms with E-state index in [1.165, 1.54) is 17.8 Å². The van der Waals surface area contributed by atoms with Gasteiger partial charge in [-0.05, 0) is 35.8 Å². The van der Waals surface area contributed by atoms with Crippen molar-refractivity contribution in [3.8, 4) is 16.9 Å². The fraction of sp³-hybridized carbons (Fsp3) is 0.333. The maximum atomic E-state index is 16.7. The number of hydrogen-bond donors (Lipinski definition) is 1. The van der Waals surface area contributed by atoms with Crippen molar-refractivity contribution >= 4 is 34.0 Å². The standard InChI is InChI=1S/C36H38FN9O5.H2/c1-41-22-29(35(49)42(2)36(41)50)43-15-17-44(18-16-43)34(48)28-20-27-26(24-8-4-5-9-30(24)51-3)19-25(32(37)33(27)39-28)23-7-6-12-45(21-23)31(47)10-13-46-14-11-38-40-46;/h4-5,7-9,11,14,19-20,22,39H,6,10,12-13,15-18,21H2,1-3H3;1H. The van der Waals surface area contributed by atoms with E-state index in [9.17, 15) is 19.2 Å². The number of aromatic amines is 1. The number of ether oxygens (including phenoxy) is 1. The fourth-order valence-electron chi connectivity index (χ4n) is 6.90. The summed E-state index contributed by atoms with van der Waals surface area (Å²) in [6.45, 7) is 2.56. The highest BCUT2D eigenvalue weighted by atomic mass is 19.1. The molecule has 2 aliphatic heterocycles. The van der Waals surface area contributed by atoms with E-state index in [1.54, 1.807) is 53.2 Å². The van der Waals surface area contributed by atoms with E-state index in [4.69, 9.17) is 4.74 Å². The van der Waals surface area contributed by atoms with Gasteiger partial charge in [-0.15, -0.1) is 5.10 Å². The third kappa shape index (κ3) is 6.30. The molecule has 2 aromatic carbocycles. The van der Waals surface area contributed by atoms with E-state index in [2.05, 4.69) is 15.3 Å². The van der Waals surface area contributed by atoms with Crippen LogP contribution in [0.5, 0.6) is 5.75 Å². The molecule has 51 heavy (non-hydrogen) atoms. The molecule has 2 amide bonds. The number of benzene rings is 2. The van der Waals surface area contributed by atoms with Gasteiger partial charge in [-0.1, -0.05) is 29.5 Å². The quantitative estimate of drug-likeness (QED) is 0.261. The first-order valence-corrected chi connectivity index (χ1v) is 16.8. The summed E-state index contributed by atoms with van der Waals surface area (Å²) >= 11 is 0. The van der Waals surface area contributed by atoms with Gasteiger partial charge in [0.2, 0.25) is 5.91 Å². The maximum Gasteiger partial charge on any atom is 0.330 e. The van der Waals surface area contributed by atoms with E-state index in [0.717, 1.165) is 10.1 Å². The molecule has 15 heteroatoms. The zero-order valence-electron chi connectivity index (χ0n) is 28.6. The Morgan fingerprint density at radius 3 is 2.53 bits per heavy atom. The van der Waals surface area contributed by atoms with Crippen molar-refractivity contribution in [2.24, 2.45) is 14.1 Å². The monoisotopic (exact) mass is 697 g/mol. The normalized spacial score (nSPS) is 15.0. The molecule has 0 aliphatic carbocycles. The van der Waals surface area contributed by atoms with Gasteiger partial charge in [0.05, 0.1) is 25.4 Å². The predicted octanol–water partition coefficient (Wildman–Crippen LogP) is 2.89. The van der Waals surface area contributed by atoms with Gasteiger partial charge >= 0.3 is 5.69 Å². The molecule has 5 aromatic rings. The average Bonchev–Trinajstić information content (AvgIpc) is 3.86. The predicted molar refractivity (Wildman–Crippen MR) is 191 cm³/mol. The number of fused-ring (bicyclic) bond motifs is 1. The minimum atomic E-state index is -0.513. The number of nitrogens with zero attached hydrogens (tertiary/aromatic N) is 8. The lowest BCUT2D eigenvalue weighted by atomic mass is 9.93. The Bertz CT molecular complexity index is 2290. The lowest BCUT2D eigenvalue weighted by Gasteiger charge is -2.35. The number of aryl methyl sites for hydroxylation is 2. The molecule has 0 spiro atoms. The van der Waals surface area contributed by atoms with Gasteiger partial charge in [-0.3, -0.25) is 23.6 Å². The molecule has 5 heterocycles. The van der Waals surface area contributed by atoms with E-state index in [1.807, 2.05) is 35.2 Å². The first kappa shape index (κ1) is 33.5. The van der Waals surface area contributed by atoms with Crippen molar-refractivity contribution in [2.45, 2.75) is 19.4 Å². The summed E-state index contributed by atoms with van der Waals surface area (Å²) in [6.07, 6.45) is 7.55. The highest BCUT2D eigenvalue weighted by molar-refractivity contribution is 6.05. The van der Waals surface area contributed by atoms with Gasteiger partial charge in [-0.25, -0.2) is 9.18 Å². The van der Waals surface area contributed by atoms with Crippen LogP contribution in [0.2, 0.25) is 0 Å². The fourth-order valence-corrected chi connectivity index (χ4v) is 6.90. The molecule has 0 saturated carbocycles. The molecule has 0 atom stereocenters. The van der Waals surface area contributed by atoms with Crippen molar-refractivity contribution in [3.63, 3.8) is 0 Å². The molecule has 1 N–H and O–H groups in total. The van der Waals surface area contributed by atoms with E-state index in [0.29, 0.717) is 79.2 Å². The number of hydrogen-bond acceptors (Lipinski definition) is 8. The van der Waals surface area contributed by atoms with Crippen LogP contribution in [0.15, 0.2) is 70.7 Å². The van der Waals surface area contributed by atoms with Crippen molar-refractivity contribution in [1.29, 1.82) is 0 Å². The van der Waals surface area contributed by atoms with Crippen LogP contribution < -0.4 is 20.9 Å². The SMILES string of the molecule is COc1ccccc1-c1cc(C2=CCCN(C(=O)CCn3ccnn3)C2)c(F)c2[nH]c(C(=O)N3CCN(c4cn(C)c(=O)n(C)c4=O)CC3)cc12.[HH]. The van der Waals surface area contributed by atoms with Crippen molar-refractivity contribution in [1.82, 2.24) is 38.9 Å². The number of anilines is 1. The number of aromatic nitrogens is 6. The van der Waals surface area contributed by atoms with Crippen LogP contribution in [0, 0.1) is 5.82 Å². The zero-order chi connectivity index (χ0) is 35.8. The van der Waals surface area contributed by atoms with Crippen molar-refractivity contribution in [3.05, 3.63) is 99.0 Å². The Balaban J connectivity index is 0.00000464. The zero-order valence-corrected chi connectivity index (χ0v) is 28.6. The Kier molecular flexibility index (Phi) is 9.02. The summed E-state index contributed by atoms with van der Waals surface area (Å²) in [6, 6.07) is 10.9. The molecule has 14 nitrogen and oxygen atoms in total. The van der Waals surface area contributed by atoms with Crippen LogP contribution in [0.3, 0.4) is 0 Å². The molecule has 0 bridgehead atoms. The van der Waals surface area contributed by atoms with Crippen LogP contribution in [-0.4, -0.2) is 97.1 Å². The minimum Gasteiger partial charge on any atom is -0.496 e. The largest absolute Gasteiger partial charge is 0.496 e. The first-order valence-electron chi connectivity index (χ1n) is 16.8. The number of piperazine rings is 1. The van der Waals surface area contributed by atoms with Crippen molar-refractivity contribution < 1.29 is 20.1 Å². The smallest absolute Gasteiger partial charge is 0.330 e. The van der Waals surface area contributed by atoms with E-state index >= 15 is 4.39 Å². The minimum absolute atomic E-state index is 0. The molecule has 2 aliphatic rings. The van der Waals surface area contributed by atoms with Gasteiger partial charge in [0.1, 0.15) is 17.1 Å². The summed E-state index contributed by atoms with van der Waals surface area (Å²) in [7, 11) is 4.60. The Morgan fingerprint density at radius 1 is 1.00 bits per heavy atom. The van der Waals surface area contributed by atoms with Gasteiger partial charge in [0.15, 0.2) is 5.82 Å². The molecule has 1 fully saturated rings. The van der Waals surface area contributed by atoms with Gasteiger partial charge in [0.25, 0.3) is 11.5 Å². The van der Waals surface area contributed by atoms with Crippen molar-refractivity contribution in [2.75, 3.05) is 51.3 Å². The highest BCUT2D eigenvalue weighted by Gasteiger charge is 2.29. The van der Waals surface area contributed by atoms with Crippen LogP contribution in [0.1, 0.15) is 30.3 Å². The number of amides is 2. The highest BCUT2D eigenvalue weighted by Crippen LogP contribution is 2.40. The summed E-state index contributed by atoms with van der Waals surface area (Å²) in [4.78, 5) is 60.4. The lowest BCUT2D eigenvalue weighted by molar-refractivity contribution is -0.131. The average molecular weight is 698 g/mol. The molecule has 3 aromatic heterocycles. The van der Waals surface area contributed by atoms with Gasteiger partial charge in [0, 0.05) is 90.1 Å². The van der Waals surface area contributed by atoms with Crippen LogP contribution in [0.4, 0.5) is 10.1 Å². The topological polar surface area (TPSA) is 144 Å². The number of methoxy groups -OCH3 is 1. The Hall–Kier alpha value is -5.99. The number of H-pyrrole nitrogens is 1. The van der Waals surface area contributed by atoms with E-state index < -0.39 is 17.1 Å². The summed E-state index contributed by atoms with van der Waals surface area (Å²) in [5.41, 5.74) is 2.42. The van der Waals surface area contributed by atoms with Crippen LogP contribution in [0.25, 0.3) is 27.6 Å². The number of rotatable bonds is 8. The molecule has 1 saturated heterocycles. The number of nitrogens with one attached hydrogen (secondary N) is 1. The molecule has 0 unspecified atom stereocenters. The first-order chi connectivity index (χ1) is 24.6. The van der Waals surface area contributed by atoms with Crippen LogP contribution >= 0.6 is 0 Å². The number of halogens is 1. The maximum absolute atomic E-state index is 16.7. The third-order valence-corrected chi connectivity index (χ3v) is 9.69. The second kappa shape index (κ2) is 13.7. The summed E-state index contributed by atoms with van der Waals surface area (Å²) < 4.78 is 26.4. The summed E-state index contributed by atoms with van der Waals surface area (Å²) in [5.74, 6) is -0.283. The molecule has 7 rings (SSSR count). The molecular weight excluding hydrogens is 657 g/mol. The molecule has 0 radical (unpaired) electrons. The van der Waals surface area contributed by atoms with E-state index in [-0.39, 0.29) is 37.4 Å². The Morgan fingerprint density at radius 2 is 1.78 bits per heavy atom. The summed E-state index contributed by atoms with van der Waals surface area (Å²) in [5, 5.41) is 8.24. The van der Waals surface area contributed by atoms with Gasteiger partial charge < -0.3 is 29.0 Å². The number of para-hydroxylation sites is 1. The molecule has 266 valence electrons. The number of carbonyl (C=O) groups is 2. The second-order valence-electron chi connectivity index (χ2n) is 12.8. The third-order valence-electron chi connectivity index (χ3n) is 9.69. The van der Waals surface area contributed by atoms with Crippen LogP contribution in [-0.2, 0) is 25.4 Å². The lowest BCUT2D eigenvalue weighted by Crippen LogP contribution is -2.51. The second-order valence-corrected chi connectivity index (χ2v) is 12.8. The number of carbonyl (C=O) groups excluding carboxylic acids is 2. The van der Waals surface area contributed by atoms with Gasteiger partial charge in [-0.2, -0.15) is 0 Å².